The highest BCUT2D eigenvalue weighted by molar-refractivity contribution is 5.87. The minimum absolute atomic E-state index is 0.0470. The summed E-state index contributed by atoms with van der Waals surface area (Å²) in [6, 6.07) is 18.7. The summed E-state index contributed by atoms with van der Waals surface area (Å²) >= 11 is 0. The number of nitrogens with one attached hydrogen (secondary N) is 1. The van der Waals surface area contributed by atoms with Crippen molar-refractivity contribution < 1.29 is 14.3 Å². The van der Waals surface area contributed by atoms with Gasteiger partial charge in [0.25, 0.3) is 0 Å². The summed E-state index contributed by atoms with van der Waals surface area (Å²) in [5, 5.41) is 2.80. The Balaban J connectivity index is 1.94. The van der Waals surface area contributed by atoms with Gasteiger partial charge >= 0.3 is 0 Å². The molecule has 2 aromatic carbocycles. The van der Waals surface area contributed by atoms with Crippen molar-refractivity contribution in [3.05, 3.63) is 66.2 Å². The van der Waals surface area contributed by atoms with Gasteiger partial charge in [0.2, 0.25) is 11.8 Å². The number of amides is 2. The number of carbonyl (C=O) groups excluding carboxylic acids is 2. The lowest BCUT2D eigenvalue weighted by molar-refractivity contribution is -0.140. The van der Waals surface area contributed by atoms with E-state index in [1.54, 1.807) is 11.8 Å². The van der Waals surface area contributed by atoms with Gasteiger partial charge in [0, 0.05) is 19.5 Å². The Hall–Kier alpha value is -2.82. The number of ether oxygens (including phenoxy) is 1. The fraction of sp³-hybridized carbons (Fsp3) is 0.364. The molecular weight excluding hydrogens is 340 g/mol. The van der Waals surface area contributed by atoms with Crippen molar-refractivity contribution >= 4 is 11.8 Å². The standard InChI is InChI=1S/C22H28N2O3/c1-3-23-22(26)18(2)24(17-19-11-6-4-7-12-19)21(25)15-10-16-27-20-13-8-5-9-14-20/h4-9,11-14,18H,3,10,15-17H2,1-2H3,(H,23,26)/t18-/m1/s1. The van der Waals surface area contributed by atoms with Crippen molar-refractivity contribution in [2.45, 2.75) is 39.3 Å². The summed E-state index contributed by atoms with van der Waals surface area (Å²) in [6.45, 7) is 5.06. The molecule has 2 rings (SSSR count). The van der Waals surface area contributed by atoms with Crippen LogP contribution in [0, 0.1) is 0 Å². The van der Waals surface area contributed by atoms with Crippen LogP contribution in [0.25, 0.3) is 0 Å². The Bertz CT molecular complexity index is 704. The second-order valence-corrected chi connectivity index (χ2v) is 6.34. The molecule has 0 bridgehead atoms. The molecule has 0 fully saturated rings. The maximum Gasteiger partial charge on any atom is 0.242 e. The average molecular weight is 368 g/mol. The van der Waals surface area contributed by atoms with Gasteiger partial charge in [-0.2, -0.15) is 0 Å². The third-order valence-electron chi connectivity index (χ3n) is 4.26. The third kappa shape index (κ3) is 6.77. The van der Waals surface area contributed by atoms with E-state index >= 15 is 0 Å². The van der Waals surface area contributed by atoms with Gasteiger partial charge in [-0.15, -0.1) is 0 Å². The molecule has 5 nitrogen and oxygen atoms in total. The van der Waals surface area contributed by atoms with Gasteiger partial charge in [-0.3, -0.25) is 9.59 Å². The second kappa shape index (κ2) is 11.0. The van der Waals surface area contributed by atoms with Gasteiger partial charge in [0.1, 0.15) is 11.8 Å². The predicted octanol–water partition coefficient (Wildman–Crippen LogP) is 3.40. The lowest BCUT2D eigenvalue weighted by atomic mass is 10.1. The van der Waals surface area contributed by atoms with Crippen molar-refractivity contribution in [3.63, 3.8) is 0 Å². The number of carbonyl (C=O) groups is 2. The first-order chi connectivity index (χ1) is 13.1. The van der Waals surface area contributed by atoms with E-state index in [0.29, 0.717) is 32.5 Å². The number of hydrogen-bond donors (Lipinski definition) is 1. The van der Waals surface area contributed by atoms with E-state index in [9.17, 15) is 9.59 Å². The summed E-state index contributed by atoms with van der Waals surface area (Å²) < 4.78 is 5.65. The van der Waals surface area contributed by atoms with Crippen LogP contribution in [-0.4, -0.2) is 35.9 Å². The van der Waals surface area contributed by atoms with Crippen LogP contribution in [0.15, 0.2) is 60.7 Å². The Morgan fingerprint density at radius 3 is 2.30 bits per heavy atom. The van der Waals surface area contributed by atoms with E-state index in [1.165, 1.54) is 0 Å². The highest BCUT2D eigenvalue weighted by Gasteiger charge is 2.25. The molecule has 2 amide bonds. The molecular formula is C22H28N2O3. The topological polar surface area (TPSA) is 58.6 Å². The minimum atomic E-state index is -0.521. The van der Waals surface area contributed by atoms with Crippen LogP contribution >= 0.6 is 0 Å². The average Bonchev–Trinajstić information content (AvgIpc) is 2.70. The van der Waals surface area contributed by atoms with Crippen LogP contribution in [0.2, 0.25) is 0 Å². The molecule has 0 aliphatic carbocycles. The maximum absolute atomic E-state index is 12.8. The van der Waals surface area contributed by atoms with Crippen LogP contribution in [0.3, 0.4) is 0 Å². The highest BCUT2D eigenvalue weighted by Crippen LogP contribution is 2.13. The zero-order chi connectivity index (χ0) is 19.5. The molecule has 144 valence electrons. The molecule has 1 atom stereocenters. The first-order valence-corrected chi connectivity index (χ1v) is 9.40. The van der Waals surface area contributed by atoms with E-state index in [0.717, 1.165) is 11.3 Å². The molecule has 0 aromatic heterocycles. The first kappa shape index (κ1) is 20.5. The number of rotatable bonds is 10. The lowest BCUT2D eigenvalue weighted by Crippen LogP contribution is -2.47. The molecule has 0 radical (unpaired) electrons. The molecule has 0 unspecified atom stereocenters. The fourth-order valence-electron chi connectivity index (χ4n) is 2.76. The number of nitrogens with zero attached hydrogens (tertiary/aromatic N) is 1. The van der Waals surface area contributed by atoms with Gasteiger partial charge in [0.05, 0.1) is 6.61 Å². The molecule has 0 saturated heterocycles. The Morgan fingerprint density at radius 1 is 1.04 bits per heavy atom. The van der Waals surface area contributed by atoms with Crippen LogP contribution in [-0.2, 0) is 16.1 Å². The van der Waals surface area contributed by atoms with Crippen LogP contribution in [0.1, 0.15) is 32.3 Å². The quantitative estimate of drug-likeness (QED) is 0.654. The monoisotopic (exact) mass is 368 g/mol. The fourth-order valence-corrected chi connectivity index (χ4v) is 2.76. The van der Waals surface area contributed by atoms with Crippen molar-refractivity contribution in [2.24, 2.45) is 0 Å². The van der Waals surface area contributed by atoms with E-state index in [1.807, 2.05) is 67.6 Å². The number of likely N-dealkylation sites (N-methyl/N-ethyl adjacent to an activating group) is 1. The van der Waals surface area contributed by atoms with Crippen LogP contribution < -0.4 is 10.1 Å². The second-order valence-electron chi connectivity index (χ2n) is 6.34. The summed E-state index contributed by atoms with van der Waals surface area (Å²) in [4.78, 5) is 26.7. The summed E-state index contributed by atoms with van der Waals surface area (Å²) in [7, 11) is 0. The zero-order valence-electron chi connectivity index (χ0n) is 16.1. The van der Waals surface area contributed by atoms with E-state index in [4.69, 9.17) is 4.74 Å². The van der Waals surface area contributed by atoms with Gasteiger partial charge in [0.15, 0.2) is 0 Å². The van der Waals surface area contributed by atoms with Gasteiger partial charge in [-0.25, -0.2) is 0 Å². The highest BCUT2D eigenvalue weighted by atomic mass is 16.5. The Morgan fingerprint density at radius 2 is 1.67 bits per heavy atom. The maximum atomic E-state index is 12.8. The van der Waals surface area contributed by atoms with Crippen molar-refractivity contribution in [3.8, 4) is 5.75 Å². The zero-order valence-corrected chi connectivity index (χ0v) is 16.1. The minimum Gasteiger partial charge on any atom is -0.494 e. The third-order valence-corrected chi connectivity index (χ3v) is 4.26. The van der Waals surface area contributed by atoms with E-state index in [2.05, 4.69) is 5.32 Å². The van der Waals surface area contributed by atoms with Gasteiger partial charge in [-0.1, -0.05) is 48.5 Å². The number of hydrogen-bond acceptors (Lipinski definition) is 3. The van der Waals surface area contributed by atoms with E-state index in [-0.39, 0.29) is 11.8 Å². The number of para-hydroxylation sites is 1. The van der Waals surface area contributed by atoms with Crippen molar-refractivity contribution in [1.29, 1.82) is 0 Å². The van der Waals surface area contributed by atoms with Crippen LogP contribution in [0.5, 0.6) is 5.75 Å². The number of benzene rings is 2. The summed E-state index contributed by atoms with van der Waals surface area (Å²) in [5.74, 6) is 0.610. The lowest BCUT2D eigenvalue weighted by Gasteiger charge is -2.28. The Labute approximate surface area is 161 Å². The Kier molecular flexibility index (Phi) is 8.36. The van der Waals surface area contributed by atoms with Crippen molar-refractivity contribution in [2.75, 3.05) is 13.2 Å². The van der Waals surface area contributed by atoms with Crippen LogP contribution in [0.4, 0.5) is 0 Å². The molecule has 5 heteroatoms. The smallest absolute Gasteiger partial charge is 0.242 e. The summed E-state index contributed by atoms with van der Waals surface area (Å²) in [5.41, 5.74) is 1.00. The molecule has 0 aliphatic rings. The molecule has 0 saturated carbocycles. The summed E-state index contributed by atoms with van der Waals surface area (Å²) in [6.07, 6.45) is 0.935. The molecule has 0 heterocycles. The normalized spacial score (nSPS) is 11.5. The molecule has 27 heavy (non-hydrogen) atoms. The molecule has 0 spiro atoms. The van der Waals surface area contributed by atoms with Gasteiger partial charge < -0.3 is 15.0 Å². The van der Waals surface area contributed by atoms with Gasteiger partial charge in [-0.05, 0) is 38.0 Å². The SMILES string of the molecule is CCNC(=O)[C@@H](C)N(Cc1ccccc1)C(=O)CCCOc1ccccc1. The van der Waals surface area contributed by atoms with Crippen molar-refractivity contribution in [1.82, 2.24) is 10.2 Å². The first-order valence-electron chi connectivity index (χ1n) is 9.40. The molecule has 1 N–H and O–H groups in total. The molecule has 0 aliphatic heterocycles. The predicted molar refractivity (Wildman–Crippen MR) is 106 cm³/mol. The molecule has 2 aromatic rings. The largest absolute Gasteiger partial charge is 0.494 e. The van der Waals surface area contributed by atoms with E-state index < -0.39 is 6.04 Å².